The van der Waals surface area contributed by atoms with Crippen LogP contribution >= 0.6 is 0 Å². The molecule has 0 spiro atoms. The number of likely N-dealkylation sites (tertiary alicyclic amines) is 1. The molecule has 1 heterocycles. The lowest BCUT2D eigenvalue weighted by Gasteiger charge is -2.16. The third-order valence-electron chi connectivity index (χ3n) is 4.25. The maximum atomic E-state index is 2.67. The summed E-state index contributed by atoms with van der Waals surface area (Å²) in [6, 6.07) is 8.80. The average Bonchev–Trinajstić information content (AvgIpc) is 2.80. The van der Waals surface area contributed by atoms with Gasteiger partial charge in [-0.3, -0.25) is 0 Å². The van der Waals surface area contributed by atoms with Crippen molar-refractivity contribution in [2.45, 2.75) is 46.0 Å². The van der Waals surface area contributed by atoms with Crippen molar-refractivity contribution in [1.82, 2.24) is 4.90 Å². The van der Waals surface area contributed by atoms with Gasteiger partial charge in [0.15, 0.2) is 0 Å². The second-order valence-electron chi connectivity index (χ2n) is 5.77. The van der Waals surface area contributed by atoms with Crippen LogP contribution in [-0.2, 0) is 6.42 Å². The lowest BCUT2D eigenvalue weighted by Crippen LogP contribution is -2.22. The fraction of sp³-hybridized carbons (Fsp3) is 0.647. The van der Waals surface area contributed by atoms with Gasteiger partial charge in [-0.2, -0.15) is 0 Å². The van der Waals surface area contributed by atoms with E-state index in [2.05, 4.69) is 43.0 Å². The van der Waals surface area contributed by atoms with Crippen LogP contribution in [0.25, 0.3) is 0 Å². The van der Waals surface area contributed by atoms with Crippen molar-refractivity contribution in [2.75, 3.05) is 19.6 Å². The summed E-state index contributed by atoms with van der Waals surface area (Å²) in [5.74, 6) is 0.980. The van der Waals surface area contributed by atoms with Gasteiger partial charge >= 0.3 is 0 Å². The summed E-state index contributed by atoms with van der Waals surface area (Å²) in [4.78, 5) is 2.67. The molecule has 1 aliphatic rings. The van der Waals surface area contributed by atoms with Crippen LogP contribution in [0.5, 0.6) is 0 Å². The van der Waals surface area contributed by atoms with Crippen LogP contribution in [0, 0.1) is 12.8 Å². The number of rotatable bonds is 6. The molecular weight excluding hydrogens is 218 g/mol. The van der Waals surface area contributed by atoms with Crippen molar-refractivity contribution in [1.29, 1.82) is 0 Å². The van der Waals surface area contributed by atoms with E-state index in [0.717, 1.165) is 5.92 Å². The highest BCUT2D eigenvalue weighted by Gasteiger charge is 2.20. The van der Waals surface area contributed by atoms with Crippen molar-refractivity contribution < 1.29 is 0 Å². The molecule has 18 heavy (non-hydrogen) atoms. The van der Waals surface area contributed by atoms with Crippen LogP contribution < -0.4 is 0 Å². The number of nitrogens with zero attached hydrogens (tertiary/aromatic N) is 1. The van der Waals surface area contributed by atoms with Gasteiger partial charge in [0.1, 0.15) is 0 Å². The van der Waals surface area contributed by atoms with E-state index >= 15 is 0 Å². The topological polar surface area (TPSA) is 3.24 Å². The summed E-state index contributed by atoms with van der Waals surface area (Å²) in [6.45, 7) is 8.50. The molecule has 1 unspecified atom stereocenters. The Labute approximate surface area is 112 Å². The molecule has 1 aromatic rings. The van der Waals surface area contributed by atoms with Crippen LogP contribution in [0.1, 0.15) is 43.7 Å². The molecule has 0 aromatic heterocycles. The zero-order valence-corrected chi connectivity index (χ0v) is 12.0. The van der Waals surface area contributed by atoms with E-state index in [1.807, 2.05) is 0 Å². The second-order valence-corrected chi connectivity index (χ2v) is 5.77. The molecule has 0 amide bonds. The highest BCUT2D eigenvalue weighted by Crippen LogP contribution is 2.21. The molecule has 0 saturated carbocycles. The SMILES string of the molecule is CCCC1CCN(CCCc2ccccc2C)C1. The third-order valence-corrected chi connectivity index (χ3v) is 4.25. The Morgan fingerprint density at radius 1 is 1.28 bits per heavy atom. The van der Waals surface area contributed by atoms with Crippen molar-refractivity contribution >= 4 is 0 Å². The van der Waals surface area contributed by atoms with Gasteiger partial charge in [0.05, 0.1) is 0 Å². The molecule has 1 atom stereocenters. The van der Waals surface area contributed by atoms with E-state index in [9.17, 15) is 0 Å². The number of aryl methyl sites for hydroxylation is 2. The minimum Gasteiger partial charge on any atom is -0.303 e. The molecule has 1 saturated heterocycles. The Kier molecular flexibility index (Phi) is 5.25. The molecular formula is C17H27N. The third kappa shape index (κ3) is 3.84. The minimum absolute atomic E-state index is 0.980. The first-order valence-corrected chi connectivity index (χ1v) is 7.56. The maximum absolute atomic E-state index is 2.67. The van der Waals surface area contributed by atoms with Gasteiger partial charge in [0.2, 0.25) is 0 Å². The Balaban J connectivity index is 1.69. The van der Waals surface area contributed by atoms with Gasteiger partial charge in [0, 0.05) is 6.54 Å². The lowest BCUT2D eigenvalue weighted by molar-refractivity contribution is 0.316. The van der Waals surface area contributed by atoms with Crippen molar-refractivity contribution in [3.63, 3.8) is 0 Å². The molecule has 0 radical (unpaired) electrons. The number of hydrogen-bond acceptors (Lipinski definition) is 1. The Morgan fingerprint density at radius 2 is 2.11 bits per heavy atom. The standard InChI is InChI=1S/C17H27N/c1-3-7-16-11-13-18(14-16)12-6-10-17-9-5-4-8-15(17)2/h4-5,8-9,16H,3,6-7,10-14H2,1-2H3. The summed E-state index contributed by atoms with van der Waals surface area (Å²) in [5, 5.41) is 0. The van der Waals surface area contributed by atoms with Gasteiger partial charge in [-0.15, -0.1) is 0 Å². The van der Waals surface area contributed by atoms with Crippen LogP contribution in [0.3, 0.4) is 0 Å². The number of benzene rings is 1. The lowest BCUT2D eigenvalue weighted by atomic mass is 10.0. The predicted molar refractivity (Wildman–Crippen MR) is 79.0 cm³/mol. The summed E-state index contributed by atoms with van der Waals surface area (Å²) in [6.07, 6.45) is 6.75. The molecule has 0 bridgehead atoms. The van der Waals surface area contributed by atoms with E-state index in [0.29, 0.717) is 0 Å². The highest BCUT2D eigenvalue weighted by molar-refractivity contribution is 5.25. The molecule has 100 valence electrons. The molecule has 0 aliphatic carbocycles. The smallest absolute Gasteiger partial charge is 0.00101 e. The molecule has 1 aliphatic heterocycles. The highest BCUT2D eigenvalue weighted by atomic mass is 15.1. The number of hydrogen-bond donors (Lipinski definition) is 0. The maximum Gasteiger partial charge on any atom is 0.00101 e. The second kappa shape index (κ2) is 6.94. The average molecular weight is 245 g/mol. The quantitative estimate of drug-likeness (QED) is 0.731. The molecule has 1 fully saturated rings. The van der Waals surface area contributed by atoms with Crippen molar-refractivity contribution in [2.24, 2.45) is 5.92 Å². The molecule has 2 rings (SSSR count). The molecule has 1 aromatic carbocycles. The molecule has 1 nitrogen and oxygen atoms in total. The molecule has 1 heteroatoms. The summed E-state index contributed by atoms with van der Waals surface area (Å²) >= 11 is 0. The monoisotopic (exact) mass is 245 g/mol. The summed E-state index contributed by atoms with van der Waals surface area (Å²) in [5.41, 5.74) is 2.98. The van der Waals surface area contributed by atoms with E-state index in [-0.39, 0.29) is 0 Å². The fourth-order valence-corrected chi connectivity index (χ4v) is 3.14. The van der Waals surface area contributed by atoms with Crippen molar-refractivity contribution in [3.05, 3.63) is 35.4 Å². The predicted octanol–water partition coefficient (Wildman–Crippen LogP) is 4.05. The van der Waals surface area contributed by atoms with Crippen LogP contribution in [-0.4, -0.2) is 24.5 Å². The van der Waals surface area contributed by atoms with Gasteiger partial charge in [-0.1, -0.05) is 37.6 Å². The van der Waals surface area contributed by atoms with E-state index in [1.54, 1.807) is 0 Å². The van der Waals surface area contributed by atoms with Crippen LogP contribution in [0.15, 0.2) is 24.3 Å². The zero-order valence-electron chi connectivity index (χ0n) is 12.0. The van der Waals surface area contributed by atoms with Gasteiger partial charge in [0.25, 0.3) is 0 Å². The van der Waals surface area contributed by atoms with E-state index in [1.165, 1.54) is 62.9 Å². The Hall–Kier alpha value is -0.820. The van der Waals surface area contributed by atoms with Crippen LogP contribution in [0.4, 0.5) is 0 Å². The largest absolute Gasteiger partial charge is 0.303 e. The normalized spacial score (nSPS) is 20.4. The van der Waals surface area contributed by atoms with Crippen molar-refractivity contribution in [3.8, 4) is 0 Å². The first-order valence-electron chi connectivity index (χ1n) is 7.56. The minimum atomic E-state index is 0.980. The first kappa shape index (κ1) is 13.6. The van der Waals surface area contributed by atoms with Gasteiger partial charge in [-0.05, 0) is 62.7 Å². The first-order chi connectivity index (χ1) is 8.79. The Bertz CT molecular complexity index is 358. The fourth-order valence-electron chi connectivity index (χ4n) is 3.14. The summed E-state index contributed by atoms with van der Waals surface area (Å²) < 4.78 is 0. The zero-order chi connectivity index (χ0) is 12.8. The van der Waals surface area contributed by atoms with Gasteiger partial charge < -0.3 is 4.90 Å². The van der Waals surface area contributed by atoms with E-state index < -0.39 is 0 Å². The summed E-state index contributed by atoms with van der Waals surface area (Å²) in [7, 11) is 0. The molecule has 0 N–H and O–H groups in total. The van der Waals surface area contributed by atoms with Gasteiger partial charge in [-0.25, -0.2) is 0 Å². The Morgan fingerprint density at radius 3 is 2.89 bits per heavy atom. The van der Waals surface area contributed by atoms with E-state index in [4.69, 9.17) is 0 Å². The van der Waals surface area contributed by atoms with Crippen LogP contribution in [0.2, 0.25) is 0 Å².